The maximum absolute atomic E-state index is 12.4. The lowest BCUT2D eigenvalue weighted by Crippen LogP contribution is -2.10. The first-order chi connectivity index (χ1) is 10.5. The highest BCUT2D eigenvalue weighted by molar-refractivity contribution is 9.10. The predicted octanol–water partition coefficient (Wildman–Crippen LogP) is 4.03. The van der Waals surface area contributed by atoms with E-state index in [2.05, 4.69) is 42.5 Å². The number of benzene rings is 2. The van der Waals surface area contributed by atoms with E-state index in [4.69, 9.17) is 0 Å². The van der Waals surface area contributed by atoms with Crippen molar-refractivity contribution in [3.05, 3.63) is 56.5 Å². The second-order valence-corrected chi connectivity index (χ2v) is 6.87. The third kappa shape index (κ3) is 1.94. The zero-order valence-corrected chi connectivity index (χ0v) is 14.2. The van der Waals surface area contributed by atoms with Gasteiger partial charge >= 0.3 is 0 Å². The van der Waals surface area contributed by atoms with Gasteiger partial charge < -0.3 is 10.6 Å². The Bertz CT molecular complexity index is 830. The number of amides is 2. The number of hydrogen-bond acceptors (Lipinski definition) is 2. The van der Waals surface area contributed by atoms with E-state index in [0.717, 1.165) is 20.1 Å². The van der Waals surface area contributed by atoms with Gasteiger partial charge in [0.2, 0.25) is 0 Å². The standard InChI is InChI=1S/C16H8Br2N2O2/c17-7-1-3-9-11(5-7)19-15(21)13(9)14-10-4-2-8(18)6-12(10)20-16(14)22/h1-6H,(H,19,21)(H,20,22)/b14-13+. The van der Waals surface area contributed by atoms with E-state index >= 15 is 0 Å². The van der Waals surface area contributed by atoms with Crippen LogP contribution in [0.4, 0.5) is 11.4 Å². The predicted molar refractivity (Wildman–Crippen MR) is 92.4 cm³/mol. The molecule has 0 radical (unpaired) electrons. The highest BCUT2D eigenvalue weighted by Gasteiger charge is 2.35. The Kier molecular flexibility index (Phi) is 2.99. The van der Waals surface area contributed by atoms with E-state index < -0.39 is 0 Å². The molecule has 2 amide bonds. The molecule has 108 valence electrons. The van der Waals surface area contributed by atoms with Crippen LogP contribution in [0.5, 0.6) is 0 Å². The summed E-state index contributed by atoms with van der Waals surface area (Å²) >= 11 is 6.76. The minimum absolute atomic E-state index is 0.256. The molecule has 0 aromatic heterocycles. The Balaban J connectivity index is 2.00. The van der Waals surface area contributed by atoms with Crippen molar-refractivity contribution in [2.45, 2.75) is 0 Å². The van der Waals surface area contributed by atoms with E-state index in [1.807, 2.05) is 36.4 Å². The minimum atomic E-state index is -0.256. The summed E-state index contributed by atoms with van der Waals surface area (Å²) in [4.78, 5) is 24.8. The zero-order chi connectivity index (χ0) is 15.4. The van der Waals surface area contributed by atoms with Crippen molar-refractivity contribution >= 4 is 66.2 Å². The third-order valence-electron chi connectivity index (χ3n) is 3.70. The SMILES string of the molecule is O=C1Nc2cc(Br)ccc2/C1=C1\C(=O)Nc2cc(Br)ccc21. The van der Waals surface area contributed by atoms with Crippen LogP contribution >= 0.6 is 31.9 Å². The molecule has 2 heterocycles. The fraction of sp³-hybridized carbons (Fsp3) is 0. The molecule has 2 aromatic rings. The van der Waals surface area contributed by atoms with Crippen molar-refractivity contribution in [2.75, 3.05) is 10.6 Å². The molecule has 2 aromatic carbocycles. The van der Waals surface area contributed by atoms with Crippen LogP contribution in [0.25, 0.3) is 11.1 Å². The largest absolute Gasteiger partial charge is 0.321 e. The summed E-state index contributed by atoms with van der Waals surface area (Å²) in [5.74, 6) is -0.511. The molecule has 0 saturated carbocycles. The molecular formula is C16H8Br2N2O2. The van der Waals surface area contributed by atoms with Crippen LogP contribution in [0, 0.1) is 0 Å². The summed E-state index contributed by atoms with van der Waals surface area (Å²) < 4.78 is 1.75. The van der Waals surface area contributed by atoms with Gasteiger partial charge in [0.25, 0.3) is 11.8 Å². The van der Waals surface area contributed by atoms with Crippen LogP contribution in [0.15, 0.2) is 45.3 Å². The lowest BCUT2D eigenvalue weighted by molar-refractivity contribution is -0.112. The molecule has 4 nitrogen and oxygen atoms in total. The van der Waals surface area contributed by atoms with E-state index in [-0.39, 0.29) is 11.8 Å². The lowest BCUT2D eigenvalue weighted by Gasteiger charge is -2.03. The fourth-order valence-electron chi connectivity index (χ4n) is 2.79. The summed E-state index contributed by atoms with van der Waals surface area (Å²) in [7, 11) is 0. The van der Waals surface area contributed by atoms with Crippen molar-refractivity contribution in [1.82, 2.24) is 0 Å². The van der Waals surface area contributed by atoms with Gasteiger partial charge in [0, 0.05) is 20.1 Å². The second-order valence-electron chi connectivity index (χ2n) is 5.04. The normalized spacial score (nSPS) is 18.8. The van der Waals surface area contributed by atoms with Gasteiger partial charge in [-0.1, -0.05) is 44.0 Å². The number of halogens is 2. The quantitative estimate of drug-likeness (QED) is 0.633. The zero-order valence-electron chi connectivity index (χ0n) is 11.0. The molecule has 4 rings (SSSR count). The fourth-order valence-corrected chi connectivity index (χ4v) is 3.51. The van der Waals surface area contributed by atoms with Crippen molar-refractivity contribution in [3.8, 4) is 0 Å². The number of carbonyl (C=O) groups is 2. The molecule has 0 fully saturated rings. The average Bonchev–Trinajstić information content (AvgIpc) is 2.93. The van der Waals surface area contributed by atoms with Gasteiger partial charge in [0.05, 0.1) is 22.5 Å². The van der Waals surface area contributed by atoms with Gasteiger partial charge in [0.15, 0.2) is 0 Å². The number of rotatable bonds is 0. The average molecular weight is 420 g/mol. The van der Waals surface area contributed by atoms with Crippen LogP contribution in [0.2, 0.25) is 0 Å². The summed E-state index contributed by atoms with van der Waals surface area (Å²) in [6.07, 6.45) is 0. The first-order valence-electron chi connectivity index (χ1n) is 6.51. The molecule has 2 aliphatic heterocycles. The minimum Gasteiger partial charge on any atom is -0.321 e. The summed E-state index contributed by atoms with van der Waals surface area (Å²) in [5, 5.41) is 5.62. The first-order valence-corrected chi connectivity index (χ1v) is 8.10. The maximum atomic E-state index is 12.4. The Morgan fingerprint density at radius 3 is 1.50 bits per heavy atom. The van der Waals surface area contributed by atoms with E-state index in [1.165, 1.54) is 0 Å². The van der Waals surface area contributed by atoms with Crippen molar-refractivity contribution < 1.29 is 9.59 Å². The third-order valence-corrected chi connectivity index (χ3v) is 4.69. The highest BCUT2D eigenvalue weighted by atomic mass is 79.9. The molecule has 0 spiro atoms. The molecular weight excluding hydrogens is 412 g/mol. The van der Waals surface area contributed by atoms with Crippen LogP contribution in [-0.2, 0) is 9.59 Å². The molecule has 2 N–H and O–H groups in total. The highest BCUT2D eigenvalue weighted by Crippen LogP contribution is 2.43. The topological polar surface area (TPSA) is 58.2 Å². The lowest BCUT2D eigenvalue weighted by atomic mass is 9.96. The summed E-state index contributed by atoms with van der Waals surface area (Å²) in [6.45, 7) is 0. The van der Waals surface area contributed by atoms with Gasteiger partial charge in [-0.2, -0.15) is 0 Å². The van der Waals surface area contributed by atoms with Crippen molar-refractivity contribution in [3.63, 3.8) is 0 Å². The van der Waals surface area contributed by atoms with Gasteiger partial charge in [-0.25, -0.2) is 0 Å². The van der Waals surface area contributed by atoms with E-state index in [0.29, 0.717) is 22.5 Å². The smallest absolute Gasteiger partial charge is 0.257 e. The van der Waals surface area contributed by atoms with Crippen LogP contribution in [0.3, 0.4) is 0 Å². The van der Waals surface area contributed by atoms with Crippen LogP contribution < -0.4 is 10.6 Å². The molecule has 6 heteroatoms. The Labute approximate surface area is 142 Å². The van der Waals surface area contributed by atoms with E-state index in [1.54, 1.807) is 0 Å². The van der Waals surface area contributed by atoms with Crippen LogP contribution in [0.1, 0.15) is 11.1 Å². The van der Waals surface area contributed by atoms with Gasteiger partial charge in [-0.15, -0.1) is 0 Å². The molecule has 2 aliphatic rings. The number of nitrogens with one attached hydrogen (secondary N) is 2. The van der Waals surface area contributed by atoms with E-state index in [9.17, 15) is 9.59 Å². The van der Waals surface area contributed by atoms with Crippen molar-refractivity contribution in [1.29, 1.82) is 0 Å². The van der Waals surface area contributed by atoms with Gasteiger partial charge in [-0.3, -0.25) is 9.59 Å². The Hall–Kier alpha value is -1.92. The van der Waals surface area contributed by atoms with Crippen molar-refractivity contribution in [2.24, 2.45) is 0 Å². The van der Waals surface area contributed by atoms with Gasteiger partial charge in [0.1, 0.15) is 0 Å². The maximum Gasteiger partial charge on any atom is 0.257 e. The second kappa shape index (κ2) is 4.79. The monoisotopic (exact) mass is 418 g/mol. The van der Waals surface area contributed by atoms with Gasteiger partial charge in [-0.05, 0) is 24.3 Å². The molecule has 0 bridgehead atoms. The number of anilines is 2. The number of fused-ring (bicyclic) bond motifs is 2. The number of hydrogen-bond donors (Lipinski definition) is 2. The Morgan fingerprint density at radius 2 is 1.09 bits per heavy atom. The first kappa shape index (κ1) is 13.7. The summed E-state index contributed by atoms with van der Waals surface area (Å²) in [6, 6.07) is 11.0. The Morgan fingerprint density at radius 1 is 0.682 bits per heavy atom. The molecule has 0 unspecified atom stereocenters. The van der Waals surface area contributed by atoms with Crippen LogP contribution in [-0.4, -0.2) is 11.8 Å². The number of carbonyl (C=O) groups excluding carboxylic acids is 2. The summed E-state index contributed by atoms with van der Waals surface area (Å²) in [5.41, 5.74) is 3.74. The molecule has 0 atom stereocenters. The molecule has 22 heavy (non-hydrogen) atoms. The molecule has 0 aliphatic carbocycles. The molecule has 0 saturated heterocycles.